The normalized spacial score (nSPS) is 21.1. The number of amides is 2. The Morgan fingerprint density at radius 2 is 1.86 bits per heavy atom. The number of hydrogen-bond donors (Lipinski definition) is 0. The van der Waals surface area contributed by atoms with Gasteiger partial charge in [0.2, 0.25) is 11.8 Å². The number of carbonyl (C=O) groups is 3. The van der Waals surface area contributed by atoms with Crippen LogP contribution in [0.25, 0.3) is 0 Å². The molecule has 0 radical (unpaired) electrons. The second-order valence-corrected chi connectivity index (χ2v) is 3.68. The van der Waals surface area contributed by atoms with Crippen LogP contribution in [0, 0.1) is 5.92 Å². The molecule has 1 saturated heterocycles. The van der Waals surface area contributed by atoms with Crippen molar-refractivity contribution in [3.63, 3.8) is 0 Å². The van der Waals surface area contributed by atoms with E-state index in [-0.39, 0.29) is 37.4 Å². The predicted octanol–water partition coefficient (Wildman–Crippen LogP) is -0.878. The van der Waals surface area contributed by atoms with Crippen molar-refractivity contribution in [2.45, 2.75) is 6.92 Å². The molecule has 0 aromatic carbocycles. The first-order valence-corrected chi connectivity index (χ1v) is 4.51. The van der Waals surface area contributed by atoms with Gasteiger partial charge < -0.3 is 4.79 Å². The number of carbonyl (C=O) groups excluding carboxylic acids is 3. The fourth-order valence-electron chi connectivity index (χ4n) is 1.36. The molecule has 0 spiro atoms. The van der Waals surface area contributed by atoms with E-state index in [1.807, 2.05) is 0 Å². The molecule has 0 saturated carbocycles. The molecule has 1 fully saturated rings. The minimum absolute atomic E-state index is 0.203. The van der Waals surface area contributed by atoms with Gasteiger partial charge in [-0.25, -0.2) is 0 Å². The molecular weight excluding hydrogens is 184 g/mol. The molecular formula is C9H14N2O3. The van der Waals surface area contributed by atoms with E-state index in [2.05, 4.69) is 0 Å². The Hall–Kier alpha value is -1.23. The molecule has 1 aliphatic rings. The SMILES string of the molecule is CC(C=O)CN1C(=O)CN(C)CC1=O. The Morgan fingerprint density at radius 1 is 1.36 bits per heavy atom. The van der Waals surface area contributed by atoms with Crippen LogP contribution < -0.4 is 0 Å². The zero-order valence-corrected chi connectivity index (χ0v) is 8.40. The van der Waals surface area contributed by atoms with E-state index in [4.69, 9.17) is 0 Å². The molecule has 14 heavy (non-hydrogen) atoms. The largest absolute Gasteiger partial charge is 0.303 e. The van der Waals surface area contributed by atoms with Gasteiger partial charge in [0.05, 0.1) is 13.1 Å². The van der Waals surface area contributed by atoms with Crippen LogP contribution in [0.1, 0.15) is 6.92 Å². The first-order chi connectivity index (χ1) is 6.54. The second kappa shape index (κ2) is 4.32. The van der Waals surface area contributed by atoms with Crippen LogP contribution >= 0.6 is 0 Å². The predicted molar refractivity (Wildman–Crippen MR) is 49.4 cm³/mol. The second-order valence-electron chi connectivity index (χ2n) is 3.68. The Kier molecular flexibility index (Phi) is 3.35. The third kappa shape index (κ3) is 2.38. The lowest BCUT2D eigenvalue weighted by Gasteiger charge is -2.30. The Morgan fingerprint density at radius 3 is 2.29 bits per heavy atom. The minimum Gasteiger partial charge on any atom is -0.303 e. The van der Waals surface area contributed by atoms with Crippen LogP contribution in [0.5, 0.6) is 0 Å². The summed E-state index contributed by atoms with van der Waals surface area (Å²) in [4.78, 5) is 36.0. The highest BCUT2D eigenvalue weighted by Crippen LogP contribution is 2.05. The zero-order valence-electron chi connectivity index (χ0n) is 8.40. The number of nitrogens with zero attached hydrogens (tertiary/aromatic N) is 2. The van der Waals surface area contributed by atoms with Gasteiger partial charge in [-0.05, 0) is 7.05 Å². The summed E-state index contributed by atoms with van der Waals surface area (Å²) in [5.41, 5.74) is 0. The smallest absolute Gasteiger partial charge is 0.243 e. The van der Waals surface area contributed by atoms with E-state index in [0.29, 0.717) is 0 Å². The van der Waals surface area contributed by atoms with Crippen LogP contribution in [0.15, 0.2) is 0 Å². The number of imide groups is 1. The van der Waals surface area contributed by atoms with Crippen molar-refractivity contribution in [2.75, 3.05) is 26.7 Å². The van der Waals surface area contributed by atoms with E-state index >= 15 is 0 Å². The summed E-state index contributed by atoms with van der Waals surface area (Å²) in [6.07, 6.45) is 0.749. The van der Waals surface area contributed by atoms with Gasteiger partial charge in [-0.15, -0.1) is 0 Å². The molecule has 2 amide bonds. The van der Waals surface area contributed by atoms with Gasteiger partial charge in [-0.2, -0.15) is 0 Å². The number of likely N-dealkylation sites (N-methyl/N-ethyl adjacent to an activating group) is 1. The molecule has 0 aromatic rings. The van der Waals surface area contributed by atoms with Crippen LogP contribution in [-0.2, 0) is 14.4 Å². The van der Waals surface area contributed by atoms with Crippen LogP contribution in [0.4, 0.5) is 0 Å². The molecule has 1 heterocycles. The number of piperazine rings is 1. The molecule has 1 aliphatic heterocycles. The lowest BCUT2D eigenvalue weighted by molar-refractivity contribution is -0.151. The summed E-state index contributed by atoms with van der Waals surface area (Å²) < 4.78 is 0. The summed E-state index contributed by atoms with van der Waals surface area (Å²) in [6.45, 7) is 2.38. The van der Waals surface area contributed by atoms with Gasteiger partial charge in [-0.1, -0.05) is 6.92 Å². The third-order valence-electron chi connectivity index (χ3n) is 2.12. The lowest BCUT2D eigenvalue weighted by Crippen LogP contribution is -2.53. The molecule has 78 valence electrons. The monoisotopic (exact) mass is 198 g/mol. The van der Waals surface area contributed by atoms with E-state index < -0.39 is 0 Å². The molecule has 1 atom stereocenters. The minimum atomic E-state index is -0.286. The number of hydrogen-bond acceptors (Lipinski definition) is 4. The van der Waals surface area contributed by atoms with Crippen molar-refractivity contribution in [3.8, 4) is 0 Å². The van der Waals surface area contributed by atoms with E-state index in [0.717, 1.165) is 6.29 Å². The van der Waals surface area contributed by atoms with E-state index in [9.17, 15) is 14.4 Å². The quantitative estimate of drug-likeness (QED) is 0.436. The van der Waals surface area contributed by atoms with Gasteiger partial charge in [0.15, 0.2) is 0 Å². The Balaban J connectivity index is 2.63. The summed E-state index contributed by atoms with van der Waals surface area (Å²) in [5.74, 6) is -0.735. The maximum absolute atomic E-state index is 11.4. The molecule has 5 nitrogen and oxygen atoms in total. The lowest BCUT2D eigenvalue weighted by atomic mass is 10.2. The van der Waals surface area contributed by atoms with Gasteiger partial charge in [0.1, 0.15) is 6.29 Å². The first-order valence-electron chi connectivity index (χ1n) is 4.51. The van der Waals surface area contributed by atoms with Crippen molar-refractivity contribution >= 4 is 18.1 Å². The summed E-state index contributed by atoms with van der Waals surface area (Å²) >= 11 is 0. The van der Waals surface area contributed by atoms with Crippen molar-refractivity contribution in [1.29, 1.82) is 0 Å². The molecule has 0 N–H and O–H groups in total. The molecule has 5 heteroatoms. The highest BCUT2D eigenvalue weighted by atomic mass is 16.2. The molecule has 0 aliphatic carbocycles. The van der Waals surface area contributed by atoms with Crippen LogP contribution in [0.3, 0.4) is 0 Å². The number of rotatable bonds is 3. The summed E-state index contributed by atoms with van der Waals surface area (Å²) in [5, 5.41) is 0. The van der Waals surface area contributed by atoms with E-state index in [1.54, 1.807) is 18.9 Å². The zero-order chi connectivity index (χ0) is 10.7. The third-order valence-corrected chi connectivity index (χ3v) is 2.12. The topological polar surface area (TPSA) is 57.7 Å². The fraction of sp³-hybridized carbons (Fsp3) is 0.667. The Bertz CT molecular complexity index is 247. The van der Waals surface area contributed by atoms with Crippen molar-refractivity contribution < 1.29 is 14.4 Å². The standard InChI is InChI=1S/C9H14N2O3/c1-7(6-12)3-11-8(13)4-10(2)5-9(11)14/h6-7H,3-5H2,1-2H3. The van der Waals surface area contributed by atoms with Crippen LogP contribution in [-0.4, -0.2) is 54.6 Å². The van der Waals surface area contributed by atoms with E-state index in [1.165, 1.54) is 4.90 Å². The first kappa shape index (κ1) is 10.8. The summed E-state index contributed by atoms with van der Waals surface area (Å²) in [6, 6.07) is 0. The Labute approximate surface area is 82.7 Å². The maximum Gasteiger partial charge on any atom is 0.243 e. The van der Waals surface area contributed by atoms with Gasteiger partial charge in [-0.3, -0.25) is 19.4 Å². The average molecular weight is 198 g/mol. The van der Waals surface area contributed by atoms with Gasteiger partial charge in [0, 0.05) is 12.5 Å². The van der Waals surface area contributed by atoms with Crippen molar-refractivity contribution in [1.82, 2.24) is 9.80 Å². The maximum atomic E-state index is 11.4. The molecule has 1 unspecified atom stereocenters. The van der Waals surface area contributed by atoms with Gasteiger partial charge in [0.25, 0.3) is 0 Å². The number of aldehydes is 1. The molecule has 0 bridgehead atoms. The van der Waals surface area contributed by atoms with Crippen LogP contribution in [0.2, 0.25) is 0 Å². The van der Waals surface area contributed by atoms with Gasteiger partial charge >= 0.3 is 0 Å². The summed E-state index contributed by atoms with van der Waals surface area (Å²) in [7, 11) is 1.72. The highest BCUT2D eigenvalue weighted by molar-refractivity contribution is 5.99. The highest BCUT2D eigenvalue weighted by Gasteiger charge is 2.29. The molecule has 0 aromatic heterocycles. The fourth-order valence-corrected chi connectivity index (χ4v) is 1.36. The molecule has 1 rings (SSSR count). The van der Waals surface area contributed by atoms with Crippen molar-refractivity contribution in [2.24, 2.45) is 5.92 Å². The van der Waals surface area contributed by atoms with Crippen molar-refractivity contribution in [3.05, 3.63) is 0 Å². The average Bonchev–Trinajstić information content (AvgIpc) is 2.10.